The quantitative estimate of drug-likeness (QED) is 0.323. The van der Waals surface area contributed by atoms with Crippen LogP contribution in [0.25, 0.3) is 21.7 Å². The van der Waals surface area contributed by atoms with Crippen LogP contribution in [0, 0.1) is 10.1 Å². The first-order valence-electron chi connectivity index (χ1n) is 9.25. The molecule has 10 heteroatoms. The van der Waals surface area contributed by atoms with Crippen LogP contribution in [0.3, 0.4) is 0 Å². The number of carboxylic acid groups (broad SMARTS) is 1. The van der Waals surface area contributed by atoms with E-state index in [4.69, 9.17) is 0 Å². The second-order valence-corrected chi connectivity index (χ2v) is 7.55. The monoisotopic (exact) mass is 446 g/mol. The van der Waals surface area contributed by atoms with Crippen molar-refractivity contribution in [1.82, 2.24) is 10.2 Å². The lowest BCUT2D eigenvalue weighted by atomic mass is 9.95. The molecule has 9 nitrogen and oxygen atoms in total. The van der Waals surface area contributed by atoms with Crippen LogP contribution >= 0.6 is 11.3 Å². The summed E-state index contributed by atoms with van der Waals surface area (Å²) in [5.41, 5.74) is 1.67. The second-order valence-electron chi connectivity index (χ2n) is 6.57. The van der Waals surface area contributed by atoms with E-state index >= 15 is 0 Å². The average Bonchev–Trinajstić information content (AvgIpc) is 3.27. The van der Waals surface area contributed by atoms with Crippen LogP contribution in [0.15, 0.2) is 72.8 Å². The molecule has 2 N–H and O–H groups in total. The Morgan fingerprint density at radius 1 is 0.906 bits per heavy atom. The first-order valence-corrected chi connectivity index (χ1v) is 10.1. The maximum absolute atomic E-state index is 13.0. The Bertz CT molecular complexity index is 1350. The molecule has 0 aliphatic heterocycles. The molecule has 4 aromatic rings. The highest BCUT2D eigenvalue weighted by Crippen LogP contribution is 2.31. The SMILES string of the molecule is O=C(O)c1ccccc1-c1ccccc1C(=O)Nc1nnc(-c2cccc([N+](=O)[O-])c2)s1. The lowest BCUT2D eigenvalue weighted by Gasteiger charge is -2.11. The minimum absolute atomic E-state index is 0.0747. The average molecular weight is 446 g/mol. The van der Waals surface area contributed by atoms with Crippen molar-refractivity contribution in [2.75, 3.05) is 5.32 Å². The maximum atomic E-state index is 13.0. The molecule has 1 aromatic heterocycles. The van der Waals surface area contributed by atoms with Crippen LogP contribution < -0.4 is 5.32 Å². The highest BCUT2D eigenvalue weighted by atomic mass is 32.1. The highest BCUT2D eigenvalue weighted by Gasteiger charge is 2.19. The number of amides is 1. The molecular formula is C22H14N4O5S. The van der Waals surface area contributed by atoms with Gasteiger partial charge in [-0.2, -0.15) is 0 Å². The molecule has 4 rings (SSSR count). The molecule has 0 bridgehead atoms. The predicted molar refractivity (Wildman–Crippen MR) is 119 cm³/mol. The number of aromatic nitrogens is 2. The van der Waals surface area contributed by atoms with Crippen molar-refractivity contribution in [3.05, 3.63) is 94.0 Å². The molecule has 0 saturated heterocycles. The van der Waals surface area contributed by atoms with Gasteiger partial charge in [0.1, 0.15) is 5.01 Å². The number of anilines is 1. The number of carboxylic acids is 1. The Kier molecular flexibility index (Phi) is 5.69. The molecule has 0 aliphatic carbocycles. The first-order chi connectivity index (χ1) is 15.4. The second kappa shape index (κ2) is 8.74. The van der Waals surface area contributed by atoms with E-state index in [9.17, 15) is 24.8 Å². The van der Waals surface area contributed by atoms with Gasteiger partial charge >= 0.3 is 5.97 Å². The van der Waals surface area contributed by atoms with E-state index in [0.717, 1.165) is 11.3 Å². The molecular weight excluding hydrogens is 432 g/mol. The number of nitro groups is 1. The van der Waals surface area contributed by atoms with Crippen molar-refractivity contribution >= 4 is 34.0 Å². The fourth-order valence-corrected chi connectivity index (χ4v) is 3.86. The first kappa shape index (κ1) is 20.8. The fourth-order valence-electron chi connectivity index (χ4n) is 3.13. The lowest BCUT2D eigenvalue weighted by molar-refractivity contribution is -0.384. The lowest BCUT2D eigenvalue weighted by Crippen LogP contribution is -2.13. The Hall–Kier alpha value is -4.44. The maximum Gasteiger partial charge on any atom is 0.336 e. The number of hydrogen-bond acceptors (Lipinski definition) is 7. The summed E-state index contributed by atoms with van der Waals surface area (Å²) in [7, 11) is 0. The number of nitro benzene ring substituents is 1. The van der Waals surface area contributed by atoms with Crippen LogP contribution in [-0.2, 0) is 0 Å². The molecule has 0 spiro atoms. The van der Waals surface area contributed by atoms with E-state index in [1.165, 1.54) is 18.2 Å². The van der Waals surface area contributed by atoms with Crippen LogP contribution in [0.1, 0.15) is 20.7 Å². The molecule has 3 aromatic carbocycles. The third kappa shape index (κ3) is 4.20. The van der Waals surface area contributed by atoms with Gasteiger partial charge in [-0.05, 0) is 23.3 Å². The Labute approximate surface area is 185 Å². The number of non-ortho nitro benzene ring substituents is 1. The molecule has 158 valence electrons. The van der Waals surface area contributed by atoms with Gasteiger partial charge in [0.15, 0.2) is 0 Å². The Morgan fingerprint density at radius 2 is 1.56 bits per heavy atom. The van der Waals surface area contributed by atoms with Gasteiger partial charge in [0.05, 0.1) is 10.5 Å². The van der Waals surface area contributed by atoms with Crippen molar-refractivity contribution in [3.63, 3.8) is 0 Å². The summed E-state index contributed by atoms with van der Waals surface area (Å²) < 4.78 is 0. The highest BCUT2D eigenvalue weighted by molar-refractivity contribution is 7.18. The van der Waals surface area contributed by atoms with E-state index in [-0.39, 0.29) is 21.9 Å². The number of carbonyl (C=O) groups is 2. The van der Waals surface area contributed by atoms with Crippen molar-refractivity contribution in [2.45, 2.75) is 0 Å². The number of benzene rings is 3. The third-order valence-electron chi connectivity index (χ3n) is 4.57. The zero-order valence-electron chi connectivity index (χ0n) is 16.3. The Balaban J connectivity index is 1.63. The molecule has 0 fully saturated rings. The zero-order chi connectivity index (χ0) is 22.7. The number of rotatable bonds is 6. The number of nitrogens with zero attached hydrogens (tertiary/aromatic N) is 3. The van der Waals surface area contributed by atoms with Gasteiger partial charge in [0.2, 0.25) is 5.13 Å². The van der Waals surface area contributed by atoms with Gasteiger partial charge in [0.25, 0.3) is 11.6 Å². The zero-order valence-corrected chi connectivity index (χ0v) is 17.1. The summed E-state index contributed by atoms with van der Waals surface area (Å²) >= 11 is 1.07. The van der Waals surface area contributed by atoms with Gasteiger partial charge in [-0.15, -0.1) is 10.2 Å². The molecule has 32 heavy (non-hydrogen) atoms. The molecule has 1 amide bonds. The summed E-state index contributed by atoms with van der Waals surface area (Å²) in [5, 5.41) is 31.7. The standard InChI is InChI=1S/C22H14N4O5S/c27-19(17-10-3-1-8-15(17)16-9-2-4-11-18(16)21(28)29)23-22-25-24-20(32-22)13-6-5-7-14(12-13)26(30)31/h1-12H,(H,28,29)(H,23,25,27). The van der Waals surface area contributed by atoms with Gasteiger partial charge in [0, 0.05) is 23.3 Å². The number of hydrogen-bond donors (Lipinski definition) is 2. The van der Waals surface area contributed by atoms with Gasteiger partial charge in [-0.3, -0.25) is 20.2 Å². The summed E-state index contributed by atoms with van der Waals surface area (Å²) in [4.78, 5) is 35.1. The molecule has 0 atom stereocenters. The van der Waals surface area contributed by atoms with Crippen molar-refractivity contribution < 1.29 is 19.6 Å². The van der Waals surface area contributed by atoms with Gasteiger partial charge < -0.3 is 5.11 Å². The van der Waals surface area contributed by atoms with Gasteiger partial charge in [-0.1, -0.05) is 59.9 Å². The number of nitrogens with one attached hydrogen (secondary N) is 1. The third-order valence-corrected chi connectivity index (χ3v) is 5.46. The summed E-state index contributed by atoms with van der Waals surface area (Å²) in [6, 6.07) is 19.1. The van der Waals surface area contributed by atoms with Crippen LogP contribution in [0.4, 0.5) is 10.8 Å². The molecule has 1 heterocycles. The fraction of sp³-hybridized carbons (Fsp3) is 0. The van der Waals surface area contributed by atoms with E-state index in [2.05, 4.69) is 15.5 Å². The summed E-state index contributed by atoms with van der Waals surface area (Å²) in [6.45, 7) is 0. The minimum Gasteiger partial charge on any atom is -0.478 e. The van der Waals surface area contributed by atoms with Crippen molar-refractivity contribution in [1.29, 1.82) is 0 Å². The van der Waals surface area contributed by atoms with E-state index < -0.39 is 16.8 Å². The van der Waals surface area contributed by atoms with Crippen molar-refractivity contribution in [3.8, 4) is 21.7 Å². The topological polar surface area (TPSA) is 135 Å². The number of carbonyl (C=O) groups excluding carboxylic acids is 1. The normalized spacial score (nSPS) is 10.5. The van der Waals surface area contributed by atoms with Crippen molar-refractivity contribution in [2.24, 2.45) is 0 Å². The van der Waals surface area contributed by atoms with Gasteiger partial charge in [-0.25, -0.2) is 4.79 Å². The molecule has 0 unspecified atom stereocenters. The smallest absolute Gasteiger partial charge is 0.336 e. The minimum atomic E-state index is -1.10. The van der Waals surface area contributed by atoms with Crippen LogP contribution in [0.2, 0.25) is 0 Å². The molecule has 0 saturated carbocycles. The van der Waals surface area contributed by atoms with E-state index in [0.29, 0.717) is 21.7 Å². The largest absolute Gasteiger partial charge is 0.478 e. The van der Waals surface area contributed by atoms with E-state index in [1.54, 1.807) is 54.6 Å². The summed E-state index contributed by atoms with van der Waals surface area (Å²) in [6.07, 6.45) is 0. The number of aromatic carboxylic acids is 1. The Morgan fingerprint density at radius 3 is 2.25 bits per heavy atom. The summed E-state index contributed by atoms with van der Waals surface area (Å²) in [5.74, 6) is -1.58. The van der Waals surface area contributed by atoms with E-state index in [1.807, 2.05) is 0 Å². The molecule has 0 aliphatic rings. The predicted octanol–water partition coefficient (Wildman–Crippen LogP) is 4.73. The molecule has 0 radical (unpaired) electrons. The van der Waals surface area contributed by atoms with Crippen LogP contribution in [0.5, 0.6) is 0 Å². The van der Waals surface area contributed by atoms with Crippen LogP contribution in [-0.4, -0.2) is 32.1 Å².